The van der Waals surface area contributed by atoms with E-state index < -0.39 is 0 Å². The highest BCUT2D eigenvalue weighted by Crippen LogP contribution is 2.21. The van der Waals surface area contributed by atoms with Crippen LogP contribution in [0.3, 0.4) is 0 Å². The molecule has 1 fully saturated rings. The van der Waals surface area contributed by atoms with Gasteiger partial charge in [-0.3, -0.25) is 5.43 Å². The van der Waals surface area contributed by atoms with E-state index in [1.807, 2.05) is 12.1 Å². The average Bonchev–Trinajstić information content (AvgIpc) is 2.91. The van der Waals surface area contributed by atoms with Crippen molar-refractivity contribution < 1.29 is 0 Å². The molecule has 0 saturated heterocycles. The van der Waals surface area contributed by atoms with Crippen LogP contribution in [0.4, 0.5) is 5.69 Å². The molecule has 4 nitrogen and oxygen atoms in total. The number of rotatable bonds is 3. The van der Waals surface area contributed by atoms with Gasteiger partial charge in [-0.05, 0) is 43.4 Å². The Kier molecular flexibility index (Phi) is 4.90. The van der Waals surface area contributed by atoms with Crippen LogP contribution in [0.15, 0.2) is 34.2 Å². The van der Waals surface area contributed by atoms with E-state index in [-0.39, 0.29) is 0 Å². The zero-order chi connectivity index (χ0) is 12.8. The zero-order valence-electron chi connectivity index (χ0n) is 10.6. The molecule has 18 heavy (non-hydrogen) atoms. The van der Waals surface area contributed by atoms with Crippen molar-refractivity contribution in [1.29, 1.82) is 0 Å². The van der Waals surface area contributed by atoms with Gasteiger partial charge in [0.25, 0.3) is 0 Å². The number of hydrogen-bond donors (Lipinski definition) is 3. The standard InChI is InChI=1S/C13H20N4S/c1-18-12-8-6-11(7-9-12)16-13(17-14)15-10-4-2-3-5-10/h6-10H,2-5,14H2,1H3,(H2,15,16,17). The monoisotopic (exact) mass is 264 g/mol. The second-order valence-electron chi connectivity index (χ2n) is 4.41. The Hall–Kier alpha value is -1.20. The summed E-state index contributed by atoms with van der Waals surface area (Å²) < 4.78 is 0. The molecular weight excluding hydrogens is 244 g/mol. The summed E-state index contributed by atoms with van der Waals surface area (Å²) in [4.78, 5) is 5.84. The Bertz CT molecular complexity index is 396. The highest BCUT2D eigenvalue weighted by atomic mass is 32.2. The van der Waals surface area contributed by atoms with Crippen LogP contribution < -0.4 is 16.6 Å². The molecule has 1 aromatic rings. The molecule has 4 N–H and O–H groups in total. The number of benzene rings is 1. The lowest BCUT2D eigenvalue weighted by Gasteiger charge is -2.12. The summed E-state index contributed by atoms with van der Waals surface area (Å²) in [6, 6.07) is 8.64. The minimum atomic E-state index is 0.411. The number of nitrogens with one attached hydrogen (secondary N) is 2. The molecule has 1 saturated carbocycles. The van der Waals surface area contributed by atoms with Gasteiger partial charge >= 0.3 is 0 Å². The zero-order valence-corrected chi connectivity index (χ0v) is 11.5. The third-order valence-electron chi connectivity index (χ3n) is 3.13. The van der Waals surface area contributed by atoms with Crippen LogP contribution in [0.25, 0.3) is 0 Å². The second-order valence-corrected chi connectivity index (χ2v) is 5.29. The minimum absolute atomic E-state index is 0.411. The van der Waals surface area contributed by atoms with Crippen molar-refractivity contribution in [2.45, 2.75) is 36.6 Å². The van der Waals surface area contributed by atoms with Crippen molar-refractivity contribution in [2.24, 2.45) is 10.8 Å². The van der Waals surface area contributed by atoms with E-state index in [0.717, 1.165) is 18.5 Å². The Morgan fingerprint density at radius 1 is 1.28 bits per heavy atom. The highest BCUT2D eigenvalue weighted by molar-refractivity contribution is 7.98. The number of nitrogens with zero attached hydrogens (tertiary/aromatic N) is 1. The first-order valence-electron chi connectivity index (χ1n) is 6.27. The number of aliphatic imine (C=N–C) groups is 1. The van der Waals surface area contributed by atoms with Crippen molar-refractivity contribution in [3.8, 4) is 0 Å². The highest BCUT2D eigenvalue weighted by Gasteiger charge is 2.14. The largest absolute Gasteiger partial charge is 0.325 e. The fourth-order valence-electron chi connectivity index (χ4n) is 2.13. The van der Waals surface area contributed by atoms with Gasteiger partial charge in [-0.1, -0.05) is 12.8 Å². The Balaban J connectivity index is 2.00. The summed E-state index contributed by atoms with van der Waals surface area (Å²) in [5.74, 6) is 6.16. The summed E-state index contributed by atoms with van der Waals surface area (Å²) >= 11 is 1.73. The minimum Gasteiger partial charge on any atom is -0.325 e. The average molecular weight is 264 g/mol. The van der Waals surface area contributed by atoms with E-state index in [1.54, 1.807) is 11.8 Å². The third kappa shape index (κ3) is 3.65. The van der Waals surface area contributed by atoms with E-state index in [2.05, 4.69) is 34.1 Å². The molecule has 1 aliphatic carbocycles. The molecule has 0 atom stereocenters. The Morgan fingerprint density at radius 3 is 2.50 bits per heavy atom. The number of hydrazine groups is 1. The molecule has 2 rings (SSSR count). The second kappa shape index (κ2) is 6.66. The first-order valence-corrected chi connectivity index (χ1v) is 7.50. The predicted molar refractivity (Wildman–Crippen MR) is 78.9 cm³/mol. The fraction of sp³-hybridized carbons (Fsp3) is 0.462. The van der Waals surface area contributed by atoms with E-state index in [9.17, 15) is 0 Å². The van der Waals surface area contributed by atoms with E-state index in [1.165, 1.54) is 17.7 Å². The molecule has 0 aromatic heterocycles. The number of thioether (sulfide) groups is 1. The summed E-state index contributed by atoms with van der Waals surface area (Å²) in [5, 5.41) is 3.21. The number of anilines is 1. The molecule has 0 aliphatic heterocycles. The summed E-state index contributed by atoms with van der Waals surface area (Å²) in [7, 11) is 0. The first kappa shape index (κ1) is 13.2. The Labute approximate surface area is 112 Å². The number of hydrogen-bond acceptors (Lipinski definition) is 3. The predicted octanol–water partition coefficient (Wildman–Crippen LogP) is 2.58. The van der Waals surface area contributed by atoms with Crippen LogP contribution in [0.1, 0.15) is 25.7 Å². The van der Waals surface area contributed by atoms with Crippen LogP contribution in [-0.4, -0.2) is 18.3 Å². The van der Waals surface area contributed by atoms with Gasteiger partial charge in [-0.15, -0.1) is 11.8 Å². The third-order valence-corrected chi connectivity index (χ3v) is 3.87. The van der Waals surface area contributed by atoms with Gasteiger partial charge in [0.15, 0.2) is 0 Å². The van der Waals surface area contributed by atoms with Crippen molar-refractivity contribution in [2.75, 3.05) is 11.6 Å². The molecule has 0 radical (unpaired) electrons. The van der Waals surface area contributed by atoms with E-state index >= 15 is 0 Å². The van der Waals surface area contributed by atoms with Gasteiger partial charge in [0.1, 0.15) is 0 Å². The normalized spacial score (nSPS) is 16.9. The molecule has 0 amide bonds. The molecule has 0 heterocycles. The summed E-state index contributed by atoms with van der Waals surface area (Å²) in [6.45, 7) is 0. The quantitative estimate of drug-likeness (QED) is 0.258. The lowest BCUT2D eigenvalue weighted by Crippen LogP contribution is -2.37. The van der Waals surface area contributed by atoms with Crippen LogP contribution >= 0.6 is 11.8 Å². The van der Waals surface area contributed by atoms with E-state index in [0.29, 0.717) is 12.0 Å². The fourth-order valence-corrected chi connectivity index (χ4v) is 2.54. The number of guanidine groups is 1. The van der Waals surface area contributed by atoms with Gasteiger partial charge in [0, 0.05) is 10.6 Å². The molecule has 1 aromatic carbocycles. The molecule has 98 valence electrons. The molecular formula is C13H20N4S. The maximum atomic E-state index is 5.51. The topological polar surface area (TPSA) is 62.4 Å². The lowest BCUT2D eigenvalue weighted by molar-refractivity contribution is 0.700. The maximum Gasteiger partial charge on any atom is 0.210 e. The van der Waals surface area contributed by atoms with Crippen LogP contribution in [0.2, 0.25) is 0 Å². The number of nitrogens with two attached hydrogens (primary N) is 1. The lowest BCUT2D eigenvalue weighted by atomic mass is 10.3. The van der Waals surface area contributed by atoms with Gasteiger partial charge in [0.05, 0.1) is 6.04 Å². The molecule has 0 bridgehead atoms. The van der Waals surface area contributed by atoms with Crippen molar-refractivity contribution in [3.63, 3.8) is 0 Å². The van der Waals surface area contributed by atoms with Crippen LogP contribution in [0, 0.1) is 0 Å². The molecule has 0 unspecified atom stereocenters. The Morgan fingerprint density at radius 2 is 1.94 bits per heavy atom. The summed E-state index contributed by atoms with van der Waals surface area (Å²) in [5.41, 5.74) is 3.64. The molecule has 0 spiro atoms. The maximum absolute atomic E-state index is 5.51. The SMILES string of the molecule is CSc1ccc(NC(=NC2CCCC2)NN)cc1. The molecule has 1 aliphatic rings. The van der Waals surface area contributed by atoms with Crippen LogP contribution in [-0.2, 0) is 0 Å². The van der Waals surface area contributed by atoms with Crippen molar-refractivity contribution >= 4 is 23.4 Å². The summed E-state index contributed by atoms with van der Waals surface area (Å²) in [6.07, 6.45) is 6.94. The van der Waals surface area contributed by atoms with Gasteiger partial charge in [0.2, 0.25) is 5.96 Å². The van der Waals surface area contributed by atoms with E-state index in [4.69, 9.17) is 5.84 Å². The molecule has 5 heteroatoms. The van der Waals surface area contributed by atoms with Crippen molar-refractivity contribution in [1.82, 2.24) is 5.43 Å². The van der Waals surface area contributed by atoms with Gasteiger partial charge in [-0.2, -0.15) is 0 Å². The van der Waals surface area contributed by atoms with Crippen molar-refractivity contribution in [3.05, 3.63) is 24.3 Å². The first-order chi connectivity index (χ1) is 8.81. The smallest absolute Gasteiger partial charge is 0.210 e. The van der Waals surface area contributed by atoms with Gasteiger partial charge < -0.3 is 5.32 Å². The van der Waals surface area contributed by atoms with Crippen LogP contribution in [0.5, 0.6) is 0 Å². The van der Waals surface area contributed by atoms with Gasteiger partial charge in [-0.25, -0.2) is 10.8 Å².